The molecule has 0 N–H and O–H groups in total. The molecule has 0 atom stereocenters. The second-order valence-electron chi connectivity index (χ2n) is 4.46. The van der Waals surface area contributed by atoms with E-state index in [-0.39, 0.29) is 0 Å². The Bertz CT molecular complexity index is 460. The van der Waals surface area contributed by atoms with Crippen LogP contribution in [0.1, 0.15) is 11.3 Å². The number of likely N-dealkylation sites (N-methyl/N-ethyl adjacent to an activating group) is 1. The predicted molar refractivity (Wildman–Crippen MR) is 76.3 cm³/mol. The molecule has 0 radical (unpaired) electrons. The highest BCUT2D eigenvalue weighted by molar-refractivity contribution is 5.77. The third kappa shape index (κ3) is 3.28. The van der Waals surface area contributed by atoms with Crippen molar-refractivity contribution in [3.8, 4) is 0 Å². The molecule has 18 heavy (non-hydrogen) atoms. The van der Waals surface area contributed by atoms with Crippen LogP contribution >= 0.6 is 0 Å². The maximum absolute atomic E-state index is 4.45. The van der Waals surface area contributed by atoms with Gasteiger partial charge in [-0.05, 0) is 31.8 Å². The molecule has 2 rings (SSSR count). The molecule has 0 saturated carbocycles. The van der Waals surface area contributed by atoms with Crippen molar-refractivity contribution in [2.24, 2.45) is 0 Å². The van der Waals surface area contributed by atoms with Crippen molar-refractivity contribution in [2.45, 2.75) is 0 Å². The molecule has 2 aromatic rings. The van der Waals surface area contributed by atoms with Gasteiger partial charge in [-0.1, -0.05) is 42.5 Å². The number of aromatic nitrogens is 1. The maximum atomic E-state index is 4.45. The van der Waals surface area contributed by atoms with E-state index in [1.807, 2.05) is 24.4 Å². The van der Waals surface area contributed by atoms with Crippen LogP contribution in [0.2, 0.25) is 0 Å². The molecule has 0 unspecified atom stereocenters. The van der Waals surface area contributed by atoms with Gasteiger partial charge in [0, 0.05) is 18.3 Å². The molecule has 1 heterocycles. The van der Waals surface area contributed by atoms with Crippen molar-refractivity contribution >= 4 is 5.57 Å². The van der Waals surface area contributed by atoms with Crippen LogP contribution in [0.4, 0.5) is 0 Å². The molecule has 0 amide bonds. The first kappa shape index (κ1) is 12.5. The van der Waals surface area contributed by atoms with E-state index in [1.165, 1.54) is 11.1 Å². The molecule has 0 fully saturated rings. The van der Waals surface area contributed by atoms with Crippen molar-refractivity contribution in [3.63, 3.8) is 0 Å². The number of benzene rings is 1. The molecular formula is C16H18N2. The summed E-state index contributed by atoms with van der Waals surface area (Å²) in [5.74, 6) is 0. The molecule has 0 bridgehead atoms. The minimum absolute atomic E-state index is 0.904. The number of pyridine rings is 1. The quantitative estimate of drug-likeness (QED) is 0.813. The molecule has 0 spiro atoms. The average molecular weight is 238 g/mol. The third-order valence-electron chi connectivity index (χ3n) is 2.69. The van der Waals surface area contributed by atoms with E-state index >= 15 is 0 Å². The first-order valence-electron chi connectivity index (χ1n) is 6.09. The van der Waals surface area contributed by atoms with Crippen LogP contribution < -0.4 is 0 Å². The first-order valence-corrected chi connectivity index (χ1v) is 6.09. The predicted octanol–water partition coefficient (Wildman–Crippen LogP) is 3.07. The molecule has 2 nitrogen and oxygen atoms in total. The first-order chi connectivity index (χ1) is 8.77. The van der Waals surface area contributed by atoms with Gasteiger partial charge in [0.25, 0.3) is 0 Å². The Kier molecular flexibility index (Phi) is 4.26. The largest absolute Gasteiger partial charge is 0.306 e. The summed E-state index contributed by atoms with van der Waals surface area (Å²) in [6.45, 7) is 0.904. The normalized spacial score (nSPS) is 11.8. The van der Waals surface area contributed by atoms with Gasteiger partial charge in [-0.3, -0.25) is 4.98 Å². The van der Waals surface area contributed by atoms with Gasteiger partial charge in [-0.25, -0.2) is 0 Å². The van der Waals surface area contributed by atoms with Crippen LogP contribution in [0, 0.1) is 0 Å². The Labute approximate surface area is 109 Å². The molecule has 1 aromatic heterocycles. The van der Waals surface area contributed by atoms with Gasteiger partial charge in [0.2, 0.25) is 0 Å². The highest BCUT2D eigenvalue weighted by Gasteiger charge is 2.05. The summed E-state index contributed by atoms with van der Waals surface area (Å²) in [6.07, 6.45) is 4.06. The summed E-state index contributed by atoms with van der Waals surface area (Å²) in [7, 11) is 4.13. The van der Waals surface area contributed by atoms with Gasteiger partial charge < -0.3 is 4.90 Å². The third-order valence-corrected chi connectivity index (χ3v) is 2.69. The van der Waals surface area contributed by atoms with Gasteiger partial charge in [0.05, 0.1) is 5.69 Å². The van der Waals surface area contributed by atoms with E-state index in [0.29, 0.717) is 0 Å². The SMILES string of the molecule is CN(C)C/C=C(/c1ccccc1)c1ccccn1. The lowest BCUT2D eigenvalue weighted by Crippen LogP contribution is -2.11. The lowest BCUT2D eigenvalue weighted by molar-refractivity contribution is 0.457. The van der Waals surface area contributed by atoms with Gasteiger partial charge in [0.1, 0.15) is 0 Å². The summed E-state index contributed by atoms with van der Waals surface area (Å²) < 4.78 is 0. The van der Waals surface area contributed by atoms with E-state index in [4.69, 9.17) is 0 Å². The van der Waals surface area contributed by atoms with Crippen LogP contribution in [-0.4, -0.2) is 30.5 Å². The van der Waals surface area contributed by atoms with E-state index in [0.717, 1.165) is 12.2 Å². The van der Waals surface area contributed by atoms with Crippen molar-refractivity contribution in [2.75, 3.05) is 20.6 Å². The fraction of sp³-hybridized carbons (Fsp3) is 0.188. The van der Waals surface area contributed by atoms with Gasteiger partial charge in [-0.2, -0.15) is 0 Å². The Hall–Kier alpha value is -1.93. The lowest BCUT2D eigenvalue weighted by atomic mass is 10.0. The molecular weight excluding hydrogens is 220 g/mol. The molecule has 2 heteroatoms. The number of hydrogen-bond donors (Lipinski definition) is 0. The second kappa shape index (κ2) is 6.12. The monoisotopic (exact) mass is 238 g/mol. The summed E-state index contributed by atoms with van der Waals surface area (Å²) in [5, 5.41) is 0. The lowest BCUT2D eigenvalue weighted by Gasteiger charge is -2.10. The zero-order valence-electron chi connectivity index (χ0n) is 10.9. The fourth-order valence-electron chi connectivity index (χ4n) is 1.78. The van der Waals surface area contributed by atoms with E-state index in [1.54, 1.807) is 0 Å². The van der Waals surface area contributed by atoms with Crippen LogP contribution in [0.3, 0.4) is 0 Å². The molecule has 1 aromatic carbocycles. The number of rotatable bonds is 4. The average Bonchev–Trinajstić information content (AvgIpc) is 2.41. The standard InChI is InChI=1S/C16H18N2/c1-18(2)13-11-15(14-8-4-3-5-9-14)16-10-6-7-12-17-16/h3-12H,13H2,1-2H3/b15-11-. The Balaban J connectivity index is 2.39. The van der Waals surface area contributed by atoms with Crippen LogP contribution in [0.15, 0.2) is 60.8 Å². The summed E-state index contributed by atoms with van der Waals surface area (Å²) in [6, 6.07) is 16.4. The summed E-state index contributed by atoms with van der Waals surface area (Å²) in [4.78, 5) is 6.59. The van der Waals surface area contributed by atoms with Crippen LogP contribution in [-0.2, 0) is 0 Å². The van der Waals surface area contributed by atoms with Gasteiger partial charge >= 0.3 is 0 Å². The zero-order valence-corrected chi connectivity index (χ0v) is 10.9. The fourth-order valence-corrected chi connectivity index (χ4v) is 1.78. The minimum atomic E-state index is 0.904. The van der Waals surface area contributed by atoms with E-state index in [9.17, 15) is 0 Å². The Morgan fingerprint density at radius 1 is 1.06 bits per heavy atom. The van der Waals surface area contributed by atoms with Gasteiger partial charge in [0.15, 0.2) is 0 Å². The second-order valence-corrected chi connectivity index (χ2v) is 4.46. The smallest absolute Gasteiger partial charge is 0.0705 e. The Morgan fingerprint density at radius 3 is 2.39 bits per heavy atom. The molecule has 0 aliphatic carbocycles. The summed E-state index contributed by atoms with van der Waals surface area (Å²) in [5.41, 5.74) is 3.41. The highest BCUT2D eigenvalue weighted by atomic mass is 15.0. The van der Waals surface area contributed by atoms with E-state index < -0.39 is 0 Å². The van der Waals surface area contributed by atoms with Crippen molar-refractivity contribution in [1.29, 1.82) is 0 Å². The van der Waals surface area contributed by atoms with E-state index in [2.05, 4.69) is 60.4 Å². The molecule has 0 aliphatic heterocycles. The van der Waals surface area contributed by atoms with Gasteiger partial charge in [-0.15, -0.1) is 0 Å². The summed E-state index contributed by atoms with van der Waals surface area (Å²) >= 11 is 0. The van der Waals surface area contributed by atoms with Crippen molar-refractivity contribution in [1.82, 2.24) is 9.88 Å². The molecule has 92 valence electrons. The van der Waals surface area contributed by atoms with Crippen molar-refractivity contribution in [3.05, 3.63) is 72.1 Å². The minimum Gasteiger partial charge on any atom is -0.306 e. The maximum Gasteiger partial charge on any atom is 0.0705 e. The van der Waals surface area contributed by atoms with Crippen molar-refractivity contribution < 1.29 is 0 Å². The van der Waals surface area contributed by atoms with Crippen LogP contribution in [0.5, 0.6) is 0 Å². The number of nitrogens with zero attached hydrogens (tertiary/aromatic N) is 2. The van der Waals surface area contributed by atoms with Crippen LogP contribution in [0.25, 0.3) is 5.57 Å². The molecule has 0 aliphatic rings. The number of hydrogen-bond acceptors (Lipinski definition) is 2. The Morgan fingerprint density at radius 2 is 1.78 bits per heavy atom. The highest BCUT2D eigenvalue weighted by Crippen LogP contribution is 2.21. The molecule has 0 saturated heterocycles. The zero-order chi connectivity index (χ0) is 12.8. The topological polar surface area (TPSA) is 16.1 Å².